The molecule has 0 aromatic heterocycles. The maximum absolute atomic E-state index is 12.6. The monoisotopic (exact) mass is 436 g/mol. The first-order chi connectivity index (χ1) is 14.1. The Morgan fingerprint density at radius 1 is 1.00 bits per heavy atom. The second kappa shape index (κ2) is 9.71. The summed E-state index contributed by atoms with van der Waals surface area (Å²) in [4.78, 5) is 12.6. The van der Waals surface area contributed by atoms with E-state index in [0.717, 1.165) is 16.1 Å². The van der Waals surface area contributed by atoms with E-state index in [1.807, 2.05) is 13.0 Å². The highest BCUT2D eigenvalue weighted by Gasteiger charge is 2.20. The van der Waals surface area contributed by atoms with Gasteiger partial charge in [0.25, 0.3) is 5.91 Å². The zero-order valence-electron chi connectivity index (χ0n) is 18.0. The average molecular weight is 437 g/mol. The zero-order valence-corrected chi connectivity index (χ0v) is 18.8. The topological polar surface area (TPSA) is 94.2 Å². The fraction of sp³-hybridized carbons (Fsp3) is 0.381. The summed E-state index contributed by atoms with van der Waals surface area (Å²) in [5.74, 6) is 1.46. The van der Waals surface area contributed by atoms with Crippen molar-refractivity contribution in [3.63, 3.8) is 0 Å². The molecular weight excluding hydrogens is 408 g/mol. The maximum Gasteiger partial charge on any atom is 0.261 e. The van der Waals surface area contributed by atoms with Gasteiger partial charge in [0.1, 0.15) is 17.2 Å². The molecule has 0 heterocycles. The molecule has 2 rings (SSSR count). The largest absolute Gasteiger partial charge is 0.497 e. The molecule has 0 radical (unpaired) electrons. The molecule has 164 valence electrons. The zero-order chi connectivity index (χ0) is 22.5. The van der Waals surface area contributed by atoms with E-state index in [1.165, 1.54) is 7.05 Å². The quantitative estimate of drug-likeness (QED) is 0.650. The smallest absolute Gasteiger partial charge is 0.261 e. The van der Waals surface area contributed by atoms with Gasteiger partial charge in [0.2, 0.25) is 10.0 Å². The Balaban J connectivity index is 2.04. The lowest BCUT2D eigenvalue weighted by Crippen LogP contribution is -2.37. The lowest BCUT2D eigenvalue weighted by atomic mass is 10.1. The van der Waals surface area contributed by atoms with Crippen LogP contribution in [-0.2, 0) is 14.8 Å². The number of methoxy groups -OCH3 is 2. The van der Waals surface area contributed by atoms with Gasteiger partial charge in [0.15, 0.2) is 6.10 Å². The number of carbonyl (C=O) groups is 1. The van der Waals surface area contributed by atoms with E-state index in [4.69, 9.17) is 14.2 Å². The Hall–Kier alpha value is -2.94. The third-order valence-electron chi connectivity index (χ3n) is 4.64. The Kier molecular flexibility index (Phi) is 7.55. The Morgan fingerprint density at radius 3 is 2.13 bits per heavy atom. The summed E-state index contributed by atoms with van der Waals surface area (Å²) in [5.41, 5.74) is 1.28. The Labute approximate surface area is 177 Å². The molecule has 0 saturated heterocycles. The van der Waals surface area contributed by atoms with Crippen LogP contribution in [0.1, 0.15) is 25.5 Å². The molecule has 2 atom stereocenters. The van der Waals surface area contributed by atoms with Crippen LogP contribution >= 0.6 is 0 Å². The van der Waals surface area contributed by atoms with Crippen molar-refractivity contribution in [1.29, 1.82) is 0 Å². The number of ether oxygens (including phenoxy) is 3. The molecule has 0 aliphatic carbocycles. The van der Waals surface area contributed by atoms with Gasteiger partial charge in [-0.15, -0.1) is 0 Å². The van der Waals surface area contributed by atoms with Gasteiger partial charge in [-0.2, -0.15) is 0 Å². The number of nitrogens with one attached hydrogen (secondary N) is 1. The van der Waals surface area contributed by atoms with E-state index in [9.17, 15) is 13.2 Å². The molecule has 0 aliphatic heterocycles. The van der Waals surface area contributed by atoms with Crippen molar-refractivity contribution in [3.8, 4) is 17.2 Å². The molecule has 1 amide bonds. The SMILES string of the molecule is COc1ccc(OC)c([C@@H](C)NC(=O)[C@@H](C)Oc2ccc(N(C)S(C)(=O)=O)cc2)c1. The highest BCUT2D eigenvalue weighted by atomic mass is 32.2. The first kappa shape index (κ1) is 23.3. The van der Waals surface area contributed by atoms with Crippen molar-refractivity contribution in [3.05, 3.63) is 48.0 Å². The van der Waals surface area contributed by atoms with E-state index in [0.29, 0.717) is 22.9 Å². The molecule has 2 aromatic rings. The average Bonchev–Trinajstić information content (AvgIpc) is 2.72. The summed E-state index contributed by atoms with van der Waals surface area (Å²) in [6, 6.07) is 11.5. The third kappa shape index (κ3) is 5.79. The summed E-state index contributed by atoms with van der Waals surface area (Å²) >= 11 is 0. The van der Waals surface area contributed by atoms with Crippen molar-refractivity contribution in [2.75, 3.05) is 31.8 Å². The summed E-state index contributed by atoms with van der Waals surface area (Å²) in [5, 5.41) is 2.90. The van der Waals surface area contributed by atoms with Gasteiger partial charge < -0.3 is 19.5 Å². The van der Waals surface area contributed by atoms with E-state index in [1.54, 1.807) is 57.5 Å². The second-order valence-electron chi connectivity index (χ2n) is 6.82. The fourth-order valence-corrected chi connectivity index (χ4v) is 3.27. The van der Waals surface area contributed by atoms with Crippen LogP contribution in [0.15, 0.2) is 42.5 Å². The van der Waals surface area contributed by atoms with Crippen LogP contribution in [0, 0.1) is 0 Å². The lowest BCUT2D eigenvalue weighted by Gasteiger charge is -2.21. The molecular formula is C21H28N2O6S. The molecule has 8 nitrogen and oxygen atoms in total. The minimum absolute atomic E-state index is 0.301. The van der Waals surface area contributed by atoms with Crippen LogP contribution in [0.25, 0.3) is 0 Å². The molecule has 30 heavy (non-hydrogen) atoms. The van der Waals surface area contributed by atoms with Gasteiger partial charge in [-0.1, -0.05) is 0 Å². The molecule has 2 aromatic carbocycles. The van der Waals surface area contributed by atoms with Crippen LogP contribution in [0.3, 0.4) is 0 Å². The van der Waals surface area contributed by atoms with E-state index in [-0.39, 0.29) is 11.9 Å². The van der Waals surface area contributed by atoms with Gasteiger partial charge in [0.05, 0.1) is 32.2 Å². The van der Waals surface area contributed by atoms with E-state index >= 15 is 0 Å². The minimum Gasteiger partial charge on any atom is -0.497 e. The number of hydrogen-bond donors (Lipinski definition) is 1. The number of amides is 1. The summed E-state index contributed by atoms with van der Waals surface area (Å²) in [7, 11) is 1.26. The number of rotatable bonds is 9. The highest BCUT2D eigenvalue weighted by molar-refractivity contribution is 7.92. The number of sulfonamides is 1. The Morgan fingerprint density at radius 2 is 1.60 bits per heavy atom. The van der Waals surface area contributed by atoms with E-state index < -0.39 is 16.1 Å². The predicted octanol–water partition coefficient (Wildman–Crippen LogP) is 2.74. The van der Waals surface area contributed by atoms with Crippen molar-refractivity contribution in [2.45, 2.75) is 26.0 Å². The maximum atomic E-state index is 12.6. The molecule has 0 spiro atoms. The van der Waals surface area contributed by atoms with Crippen LogP contribution in [-0.4, -0.2) is 48.0 Å². The normalized spacial score (nSPS) is 13.1. The molecule has 0 bridgehead atoms. The number of benzene rings is 2. The van der Waals surface area contributed by atoms with Crippen molar-refractivity contribution >= 4 is 21.6 Å². The van der Waals surface area contributed by atoms with Crippen molar-refractivity contribution < 1.29 is 27.4 Å². The standard InChI is InChI=1S/C21H28N2O6S/c1-14(19-13-18(27-4)11-12-20(19)28-5)22-21(24)15(2)29-17-9-7-16(8-10-17)23(3)30(6,25)26/h7-15H,1-6H3,(H,22,24)/t14-,15-/m1/s1. The summed E-state index contributed by atoms with van der Waals surface area (Å²) in [6.07, 6.45) is 0.366. The van der Waals surface area contributed by atoms with Crippen LogP contribution in [0.5, 0.6) is 17.2 Å². The van der Waals surface area contributed by atoms with Crippen molar-refractivity contribution in [1.82, 2.24) is 5.32 Å². The third-order valence-corrected chi connectivity index (χ3v) is 5.85. The van der Waals surface area contributed by atoms with Crippen LogP contribution < -0.4 is 23.8 Å². The molecule has 0 saturated carbocycles. The predicted molar refractivity (Wildman–Crippen MR) is 116 cm³/mol. The van der Waals surface area contributed by atoms with Gasteiger partial charge >= 0.3 is 0 Å². The van der Waals surface area contributed by atoms with Gasteiger partial charge in [-0.05, 0) is 56.3 Å². The molecule has 9 heteroatoms. The van der Waals surface area contributed by atoms with Gasteiger partial charge in [-0.3, -0.25) is 9.10 Å². The second-order valence-corrected chi connectivity index (χ2v) is 8.84. The summed E-state index contributed by atoms with van der Waals surface area (Å²) in [6.45, 7) is 3.49. The van der Waals surface area contributed by atoms with Crippen molar-refractivity contribution in [2.24, 2.45) is 0 Å². The molecule has 0 fully saturated rings. The van der Waals surface area contributed by atoms with Crippen LogP contribution in [0.2, 0.25) is 0 Å². The minimum atomic E-state index is -3.35. The van der Waals surface area contributed by atoms with E-state index in [2.05, 4.69) is 5.32 Å². The lowest BCUT2D eigenvalue weighted by molar-refractivity contribution is -0.127. The number of hydrogen-bond acceptors (Lipinski definition) is 6. The van der Waals surface area contributed by atoms with Gasteiger partial charge in [-0.25, -0.2) is 8.42 Å². The molecule has 0 unspecified atom stereocenters. The first-order valence-electron chi connectivity index (χ1n) is 9.29. The molecule has 1 N–H and O–H groups in total. The number of anilines is 1. The first-order valence-corrected chi connectivity index (χ1v) is 11.1. The highest BCUT2D eigenvalue weighted by Crippen LogP contribution is 2.29. The summed E-state index contributed by atoms with van der Waals surface area (Å²) < 4.78 is 40.7. The Bertz CT molecular complexity index is 975. The number of carbonyl (C=O) groups excluding carboxylic acids is 1. The number of nitrogens with zero attached hydrogens (tertiary/aromatic N) is 1. The van der Waals surface area contributed by atoms with Crippen LogP contribution in [0.4, 0.5) is 5.69 Å². The molecule has 0 aliphatic rings. The van der Waals surface area contributed by atoms with Gasteiger partial charge in [0, 0.05) is 12.6 Å². The fourth-order valence-electron chi connectivity index (χ4n) is 2.77.